The largest absolute Gasteiger partial charge is 0.454 e. The van der Waals surface area contributed by atoms with Gasteiger partial charge in [-0.2, -0.15) is 0 Å². The van der Waals surface area contributed by atoms with Crippen molar-refractivity contribution in [2.24, 2.45) is 0 Å². The number of rotatable bonds is 11. The van der Waals surface area contributed by atoms with Crippen molar-refractivity contribution in [3.8, 4) is 11.5 Å². The van der Waals surface area contributed by atoms with Gasteiger partial charge in [-0.25, -0.2) is 0 Å². The van der Waals surface area contributed by atoms with E-state index in [0.29, 0.717) is 38.1 Å². The number of carbonyl (C=O) groups is 2. The van der Waals surface area contributed by atoms with E-state index in [1.165, 1.54) is 0 Å². The summed E-state index contributed by atoms with van der Waals surface area (Å²) in [6, 6.07) is 15.1. The summed E-state index contributed by atoms with van der Waals surface area (Å²) in [5.41, 5.74) is 2.02. The second kappa shape index (κ2) is 11.4. The molecule has 0 saturated heterocycles. The fourth-order valence-electron chi connectivity index (χ4n) is 3.70. The Labute approximate surface area is 184 Å². The monoisotopic (exact) mass is 424 g/mol. The summed E-state index contributed by atoms with van der Waals surface area (Å²) in [7, 11) is 0. The lowest BCUT2D eigenvalue weighted by atomic mass is 10.1. The molecule has 3 rings (SSSR count). The number of fused-ring (bicyclic) bond motifs is 1. The summed E-state index contributed by atoms with van der Waals surface area (Å²) in [5, 5.41) is 2.99. The van der Waals surface area contributed by atoms with Gasteiger partial charge < -0.3 is 19.7 Å². The zero-order valence-electron chi connectivity index (χ0n) is 18.4. The molecule has 1 heterocycles. The van der Waals surface area contributed by atoms with Gasteiger partial charge in [-0.15, -0.1) is 0 Å². The van der Waals surface area contributed by atoms with Crippen LogP contribution in [-0.2, 0) is 22.6 Å². The normalized spacial score (nSPS) is 13.0. The van der Waals surface area contributed by atoms with Crippen LogP contribution in [0.1, 0.15) is 50.7 Å². The number of hydrogen-bond acceptors (Lipinski definition) is 4. The third-order valence-corrected chi connectivity index (χ3v) is 5.48. The van der Waals surface area contributed by atoms with E-state index in [1.54, 1.807) is 4.90 Å². The Bertz CT molecular complexity index is 869. The molecule has 0 spiro atoms. The molecule has 0 radical (unpaired) electrons. The minimum absolute atomic E-state index is 0.0287. The first-order valence-corrected chi connectivity index (χ1v) is 11.1. The molecule has 0 aliphatic carbocycles. The summed E-state index contributed by atoms with van der Waals surface area (Å²) in [6.07, 6.45) is 3.42. The van der Waals surface area contributed by atoms with Crippen LogP contribution in [0.5, 0.6) is 11.5 Å². The molecule has 0 bridgehead atoms. The molecule has 0 fully saturated rings. The van der Waals surface area contributed by atoms with Gasteiger partial charge >= 0.3 is 0 Å². The summed E-state index contributed by atoms with van der Waals surface area (Å²) in [5.74, 6) is 1.34. The van der Waals surface area contributed by atoms with Crippen molar-refractivity contribution in [1.29, 1.82) is 0 Å². The van der Waals surface area contributed by atoms with Gasteiger partial charge in [-0.1, -0.05) is 56.7 Å². The van der Waals surface area contributed by atoms with Crippen LogP contribution >= 0.6 is 0 Å². The molecule has 6 heteroatoms. The molecule has 2 aromatic carbocycles. The predicted molar refractivity (Wildman–Crippen MR) is 120 cm³/mol. The molecule has 0 aromatic heterocycles. The van der Waals surface area contributed by atoms with Crippen LogP contribution in [0.4, 0.5) is 0 Å². The minimum atomic E-state index is -0.485. The molecule has 6 nitrogen and oxygen atoms in total. The quantitative estimate of drug-likeness (QED) is 0.552. The zero-order chi connectivity index (χ0) is 22.1. The maximum atomic E-state index is 13.3. The molecule has 2 aromatic rings. The summed E-state index contributed by atoms with van der Waals surface area (Å²) in [4.78, 5) is 27.9. The highest BCUT2D eigenvalue weighted by atomic mass is 16.7. The Balaban J connectivity index is 1.70. The number of amides is 2. The van der Waals surface area contributed by atoms with Crippen molar-refractivity contribution >= 4 is 11.8 Å². The number of nitrogens with one attached hydrogen (secondary N) is 1. The average molecular weight is 425 g/mol. The lowest BCUT2D eigenvalue weighted by Crippen LogP contribution is -2.49. The van der Waals surface area contributed by atoms with Crippen LogP contribution in [-0.4, -0.2) is 36.1 Å². The van der Waals surface area contributed by atoms with Crippen molar-refractivity contribution in [2.45, 2.75) is 58.5 Å². The fourth-order valence-corrected chi connectivity index (χ4v) is 3.70. The molecule has 1 N–H and O–H groups in total. The smallest absolute Gasteiger partial charge is 0.242 e. The molecule has 1 aliphatic rings. The maximum Gasteiger partial charge on any atom is 0.242 e. The topological polar surface area (TPSA) is 67.9 Å². The Kier molecular flexibility index (Phi) is 8.33. The molecule has 2 amide bonds. The first kappa shape index (κ1) is 22.7. The summed E-state index contributed by atoms with van der Waals surface area (Å²) in [6.45, 7) is 5.32. The number of hydrogen-bond donors (Lipinski definition) is 1. The van der Waals surface area contributed by atoms with Gasteiger partial charge in [0, 0.05) is 19.5 Å². The first-order chi connectivity index (χ1) is 15.1. The van der Waals surface area contributed by atoms with Crippen molar-refractivity contribution in [1.82, 2.24) is 10.2 Å². The van der Waals surface area contributed by atoms with Crippen molar-refractivity contribution in [2.75, 3.05) is 13.3 Å². The van der Waals surface area contributed by atoms with Gasteiger partial charge in [-0.05, 0) is 42.5 Å². The van der Waals surface area contributed by atoms with E-state index in [9.17, 15) is 9.59 Å². The minimum Gasteiger partial charge on any atom is -0.454 e. The van der Waals surface area contributed by atoms with Crippen molar-refractivity contribution < 1.29 is 19.1 Å². The van der Waals surface area contributed by atoms with Crippen LogP contribution in [0, 0.1) is 0 Å². The van der Waals surface area contributed by atoms with Gasteiger partial charge in [0.2, 0.25) is 18.6 Å². The van der Waals surface area contributed by atoms with Gasteiger partial charge in [0.05, 0.1) is 0 Å². The summed E-state index contributed by atoms with van der Waals surface area (Å²) >= 11 is 0. The highest BCUT2D eigenvalue weighted by Crippen LogP contribution is 2.32. The van der Waals surface area contributed by atoms with Crippen molar-refractivity contribution in [3.63, 3.8) is 0 Å². The molecule has 1 aliphatic heterocycles. The first-order valence-electron chi connectivity index (χ1n) is 11.1. The summed E-state index contributed by atoms with van der Waals surface area (Å²) < 4.78 is 10.8. The third-order valence-electron chi connectivity index (χ3n) is 5.48. The molecular weight excluding hydrogens is 392 g/mol. The average Bonchev–Trinajstić information content (AvgIpc) is 3.26. The number of unbranched alkanes of at least 4 members (excludes halogenated alkanes) is 1. The number of benzene rings is 2. The number of nitrogens with zero attached hydrogens (tertiary/aromatic N) is 1. The van der Waals surface area contributed by atoms with E-state index >= 15 is 0 Å². The second-order valence-corrected chi connectivity index (χ2v) is 7.76. The van der Waals surface area contributed by atoms with E-state index in [2.05, 4.69) is 12.2 Å². The number of ether oxygens (including phenoxy) is 2. The van der Waals surface area contributed by atoms with E-state index < -0.39 is 6.04 Å². The van der Waals surface area contributed by atoms with Gasteiger partial charge in [-0.3, -0.25) is 9.59 Å². The third kappa shape index (κ3) is 6.23. The zero-order valence-corrected chi connectivity index (χ0v) is 18.4. The SMILES string of the molecule is CCCCNC(=O)[C@H](CC)N(Cc1ccccc1)C(=O)CCc1ccc2c(c1)OCO2. The second-order valence-electron chi connectivity index (χ2n) is 7.76. The fraction of sp³-hybridized carbons (Fsp3) is 0.440. The molecular formula is C25H32N2O4. The van der Waals surface area contributed by atoms with Crippen LogP contribution in [0.2, 0.25) is 0 Å². The highest BCUT2D eigenvalue weighted by molar-refractivity contribution is 5.87. The van der Waals surface area contributed by atoms with E-state index in [1.807, 2.05) is 55.5 Å². The molecule has 31 heavy (non-hydrogen) atoms. The van der Waals surface area contributed by atoms with Gasteiger partial charge in [0.25, 0.3) is 0 Å². The number of aryl methyl sites for hydroxylation is 1. The standard InChI is InChI=1S/C25H32N2O4/c1-3-5-15-26-25(29)21(4-2)27(17-20-9-7-6-8-10-20)24(28)14-12-19-11-13-22-23(16-19)31-18-30-22/h6-11,13,16,21H,3-5,12,14-15,17-18H2,1-2H3,(H,26,29)/t21-/m0/s1. The van der Waals surface area contributed by atoms with Crippen molar-refractivity contribution in [3.05, 3.63) is 59.7 Å². The predicted octanol–water partition coefficient (Wildman–Crippen LogP) is 4.07. The van der Waals surface area contributed by atoms with E-state index in [0.717, 1.165) is 29.7 Å². The molecule has 1 atom stereocenters. The Morgan fingerprint density at radius 2 is 1.81 bits per heavy atom. The molecule has 0 saturated carbocycles. The molecule has 166 valence electrons. The highest BCUT2D eigenvalue weighted by Gasteiger charge is 2.28. The van der Waals surface area contributed by atoms with Crippen LogP contribution in [0.15, 0.2) is 48.5 Å². The van der Waals surface area contributed by atoms with Crippen LogP contribution in [0.3, 0.4) is 0 Å². The lowest BCUT2D eigenvalue weighted by molar-refractivity contribution is -0.141. The molecule has 0 unspecified atom stereocenters. The van der Waals surface area contributed by atoms with Crippen LogP contribution in [0.25, 0.3) is 0 Å². The van der Waals surface area contributed by atoms with Gasteiger partial charge in [0.1, 0.15) is 6.04 Å². The Hall–Kier alpha value is -3.02. The van der Waals surface area contributed by atoms with E-state index in [4.69, 9.17) is 9.47 Å². The van der Waals surface area contributed by atoms with Crippen LogP contribution < -0.4 is 14.8 Å². The van der Waals surface area contributed by atoms with E-state index in [-0.39, 0.29) is 18.6 Å². The van der Waals surface area contributed by atoms with Gasteiger partial charge in [0.15, 0.2) is 11.5 Å². The number of carbonyl (C=O) groups excluding carboxylic acids is 2. The lowest BCUT2D eigenvalue weighted by Gasteiger charge is -2.31. The maximum absolute atomic E-state index is 13.3. The Morgan fingerprint density at radius 1 is 1.03 bits per heavy atom. The Morgan fingerprint density at radius 3 is 2.55 bits per heavy atom.